The van der Waals surface area contributed by atoms with Crippen LogP contribution in [0.2, 0.25) is 0 Å². The van der Waals surface area contributed by atoms with Crippen molar-refractivity contribution in [2.24, 2.45) is 17.8 Å². The lowest BCUT2D eigenvalue weighted by Crippen LogP contribution is -2.60. The lowest BCUT2D eigenvalue weighted by atomic mass is 9.56. The molecule has 6 unspecified atom stereocenters. The molecule has 2 aliphatic heterocycles. The number of nitrogens with one attached hydrogen (secondary N) is 1. The van der Waals surface area contributed by atoms with Crippen molar-refractivity contribution in [1.29, 1.82) is 0 Å². The van der Waals surface area contributed by atoms with Crippen molar-refractivity contribution >= 4 is 52.5 Å². The quantitative estimate of drug-likeness (QED) is 0.353. The Labute approximate surface area is 214 Å². The highest BCUT2D eigenvalue weighted by atomic mass is 35.5. The van der Waals surface area contributed by atoms with Crippen LogP contribution in [-0.4, -0.2) is 38.5 Å². The Kier molecular flexibility index (Phi) is 4.92. The van der Waals surface area contributed by atoms with E-state index in [1.54, 1.807) is 12.1 Å². The summed E-state index contributed by atoms with van der Waals surface area (Å²) < 4.78 is 13.6. The summed E-state index contributed by atoms with van der Waals surface area (Å²) >= 11 is 14.3. The minimum Gasteiger partial charge on any atom is -0.508 e. The number of alkyl halides is 2. The molecule has 4 amide bonds. The number of rotatable bonds is 2. The van der Waals surface area contributed by atoms with E-state index >= 15 is 0 Å². The van der Waals surface area contributed by atoms with E-state index in [-0.39, 0.29) is 30.2 Å². The number of aromatic hydroxyl groups is 1. The van der Waals surface area contributed by atoms with E-state index in [1.165, 1.54) is 24.3 Å². The Morgan fingerprint density at radius 2 is 1.58 bits per heavy atom. The molecule has 10 heteroatoms. The van der Waals surface area contributed by atoms with Gasteiger partial charge >= 0.3 is 0 Å². The Morgan fingerprint density at radius 3 is 2.25 bits per heavy atom. The van der Waals surface area contributed by atoms with Crippen molar-refractivity contribution in [2.45, 2.75) is 28.5 Å². The number of carbonyl (C=O) groups excluding carboxylic acids is 4. The Hall–Kier alpha value is -3.23. The lowest BCUT2D eigenvalue weighted by molar-refractivity contribution is -0.127. The number of phenolic OH excluding ortho intramolecular Hbond substituents is 1. The van der Waals surface area contributed by atoms with Crippen LogP contribution in [0.5, 0.6) is 5.75 Å². The molecule has 184 valence electrons. The summed E-state index contributed by atoms with van der Waals surface area (Å²) in [6.07, 6.45) is 1.96. The zero-order valence-corrected chi connectivity index (χ0v) is 20.1. The summed E-state index contributed by atoms with van der Waals surface area (Å²) in [4.78, 5) is 50.1. The molecule has 0 aromatic heterocycles. The fraction of sp³-hybridized carbons (Fsp3) is 0.308. The van der Waals surface area contributed by atoms with Gasteiger partial charge in [0.1, 0.15) is 11.6 Å². The summed E-state index contributed by atoms with van der Waals surface area (Å²) in [5.41, 5.74) is 1.29. The molecule has 0 bridgehead atoms. The van der Waals surface area contributed by atoms with E-state index in [1.807, 2.05) is 6.08 Å². The number of fused-ring (bicyclic) bond motifs is 4. The van der Waals surface area contributed by atoms with Crippen LogP contribution in [0.4, 0.5) is 10.1 Å². The summed E-state index contributed by atoms with van der Waals surface area (Å²) in [6.45, 7) is 0. The van der Waals surface area contributed by atoms with E-state index in [0.29, 0.717) is 11.1 Å². The molecule has 1 saturated carbocycles. The van der Waals surface area contributed by atoms with E-state index in [2.05, 4.69) is 5.32 Å². The maximum atomic E-state index is 14.0. The predicted molar refractivity (Wildman–Crippen MR) is 128 cm³/mol. The molecular formula is C26H19Cl2FN2O5. The van der Waals surface area contributed by atoms with Crippen LogP contribution in [0, 0.1) is 23.6 Å². The Balaban J connectivity index is 1.57. The number of anilines is 1. The number of benzene rings is 2. The SMILES string of the molecule is O=C1NC(=O)C2C1CC=C1C2CC2(Cl)C(=O)N(c3ccc(F)cc3)C(=O)C2(Cl)C1c1ccc(O)cc1. The summed E-state index contributed by atoms with van der Waals surface area (Å²) in [6, 6.07) is 10.9. The van der Waals surface area contributed by atoms with Gasteiger partial charge in [0.15, 0.2) is 9.75 Å². The van der Waals surface area contributed by atoms with Crippen molar-refractivity contribution in [3.05, 3.63) is 71.6 Å². The van der Waals surface area contributed by atoms with Crippen LogP contribution in [0.3, 0.4) is 0 Å². The molecule has 0 radical (unpaired) electrons. The number of imide groups is 2. The van der Waals surface area contributed by atoms with E-state index in [4.69, 9.17) is 23.2 Å². The zero-order valence-electron chi connectivity index (χ0n) is 18.6. The first kappa shape index (κ1) is 23.2. The predicted octanol–water partition coefficient (Wildman–Crippen LogP) is 3.38. The maximum Gasteiger partial charge on any atom is 0.258 e. The van der Waals surface area contributed by atoms with Gasteiger partial charge in [-0.1, -0.05) is 23.8 Å². The molecule has 2 aromatic rings. The van der Waals surface area contributed by atoms with Crippen LogP contribution in [-0.2, 0) is 19.2 Å². The average molecular weight is 529 g/mol. The van der Waals surface area contributed by atoms with Crippen molar-refractivity contribution < 1.29 is 28.7 Å². The van der Waals surface area contributed by atoms with Crippen LogP contribution >= 0.6 is 23.2 Å². The second kappa shape index (κ2) is 7.63. The first-order valence-corrected chi connectivity index (χ1v) is 12.2. The molecule has 0 spiro atoms. The van der Waals surface area contributed by atoms with Gasteiger partial charge in [-0.3, -0.25) is 24.5 Å². The van der Waals surface area contributed by atoms with Crippen molar-refractivity contribution in [1.82, 2.24) is 5.32 Å². The molecule has 7 nitrogen and oxygen atoms in total. The van der Waals surface area contributed by atoms with Gasteiger partial charge in [-0.25, -0.2) is 9.29 Å². The highest BCUT2D eigenvalue weighted by Gasteiger charge is 2.76. The third-order valence-electron chi connectivity index (χ3n) is 7.97. The number of hydrogen-bond donors (Lipinski definition) is 2. The second-order valence-corrected chi connectivity index (χ2v) is 10.9. The molecule has 2 N–H and O–H groups in total. The number of carbonyl (C=O) groups is 4. The smallest absolute Gasteiger partial charge is 0.258 e. The third kappa shape index (κ3) is 2.85. The summed E-state index contributed by atoms with van der Waals surface area (Å²) in [7, 11) is 0. The number of allylic oxidation sites excluding steroid dienone is 2. The van der Waals surface area contributed by atoms with E-state index in [9.17, 15) is 28.7 Å². The van der Waals surface area contributed by atoms with Crippen LogP contribution in [0.15, 0.2) is 60.2 Å². The normalized spacial score (nSPS) is 35.2. The second-order valence-electron chi connectivity index (χ2n) is 9.70. The van der Waals surface area contributed by atoms with Gasteiger partial charge in [-0.2, -0.15) is 0 Å². The molecule has 6 atom stereocenters. The van der Waals surface area contributed by atoms with Crippen molar-refractivity contribution in [3.63, 3.8) is 0 Å². The largest absolute Gasteiger partial charge is 0.508 e. The van der Waals surface area contributed by atoms with Gasteiger partial charge in [0.2, 0.25) is 11.8 Å². The Bertz CT molecular complexity index is 1380. The molecule has 2 saturated heterocycles. The van der Waals surface area contributed by atoms with Gasteiger partial charge in [-0.05, 0) is 60.7 Å². The highest BCUT2D eigenvalue weighted by Crippen LogP contribution is 2.65. The minimum atomic E-state index is -1.98. The fourth-order valence-electron chi connectivity index (χ4n) is 6.35. The van der Waals surface area contributed by atoms with Crippen molar-refractivity contribution in [3.8, 4) is 5.75 Å². The van der Waals surface area contributed by atoms with Gasteiger partial charge in [0, 0.05) is 5.92 Å². The standard InChI is InChI=1S/C26H19Cl2FN2O5/c27-25-11-18-16(9-10-17-19(18)22(34)30-21(17)33)20(12-1-7-15(32)8-2-12)26(25,28)24(36)31(23(25)35)14-5-3-13(29)4-6-14/h1-9,17-20,32H,10-11H2,(H,30,33,34). The monoisotopic (exact) mass is 528 g/mol. The number of halogens is 3. The number of phenols is 1. The van der Waals surface area contributed by atoms with Gasteiger partial charge in [0.05, 0.1) is 17.5 Å². The van der Waals surface area contributed by atoms with Gasteiger partial charge in [-0.15, -0.1) is 23.2 Å². The third-order valence-corrected chi connectivity index (χ3v) is 9.38. The van der Waals surface area contributed by atoms with Crippen LogP contribution in [0.1, 0.15) is 24.3 Å². The first-order chi connectivity index (χ1) is 17.1. The van der Waals surface area contributed by atoms with E-state index in [0.717, 1.165) is 17.0 Å². The minimum absolute atomic E-state index is 0.00733. The topological polar surface area (TPSA) is 104 Å². The number of hydrogen-bond acceptors (Lipinski definition) is 5. The molecule has 6 rings (SSSR count). The number of amides is 4. The maximum absolute atomic E-state index is 14.0. The fourth-order valence-corrected chi connectivity index (χ4v) is 7.29. The highest BCUT2D eigenvalue weighted by molar-refractivity contribution is 6.58. The first-order valence-electron chi connectivity index (χ1n) is 11.4. The molecule has 3 fully saturated rings. The van der Waals surface area contributed by atoms with Crippen LogP contribution in [0.25, 0.3) is 0 Å². The molecule has 4 aliphatic rings. The molecule has 36 heavy (non-hydrogen) atoms. The molecular weight excluding hydrogens is 510 g/mol. The Morgan fingerprint density at radius 1 is 0.917 bits per heavy atom. The summed E-state index contributed by atoms with van der Waals surface area (Å²) in [5, 5.41) is 12.2. The van der Waals surface area contributed by atoms with Crippen LogP contribution < -0.4 is 10.2 Å². The zero-order chi connectivity index (χ0) is 25.6. The van der Waals surface area contributed by atoms with E-state index < -0.39 is 57.0 Å². The molecule has 2 heterocycles. The van der Waals surface area contributed by atoms with Crippen molar-refractivity contribution in [2.75, 3.05) is 4.90 Å². The lowest BCUT2D eigenvalue weighted by Gasteiger charge is -2.50. The average Bonchev–Trinajstić information content (AvgIpc) is 3.22. The van der Waals surface area contributed by atoms with Gasteiger partial charge < -0.3 is 5.11 Å². The molecule has 2 aromatic carbocycles. The molecule has 2 aliphatic carbocycles. The van der Waals surface area contributed by atoms with Gasteiger partial charge in [0.25, 0.3) is 11.8 Å². The summed E-state index contributed by atoms with van der Waals surface area (Å²) in [5.74, 6) is -5.82. The number of nitrogens with zero attached hydrogens (tertiary/aromatic N) is 1.